The summed E-state index contributed by atoms with van der Waals surface area (Å²) in [4.78, 5) is 13.2. The number of hydrogen-bond acceptors (Lipinski definition) is 2. The number of nitrogens with one attached hydrogen (secondary N) is 1. The third kappa shape index (κ3) is 3.33. The average Bonchev–Trinajstić information content (AvgIpc) is 2.38. The number of piperidine rings is 1. The molecule has 18 heavy (non-hydrogen) atoms. The monoisotopic (exact) mass is 246 g/mol. The maximum atomic E-state index is 11.2. The first-order valence-electron chi connectivity index (χ1n) is 6.70. The Kier molecular flexibility index (Phi) is 4.37. The Balaban J connectivity index is 1.79. The minimum atomic E-state index is 0.201. The number of likely N-dealkylation sites (tertiary alicyclic amines) is 1. The molecule has 0 atom stereocenters. The first-order chi connectivity index (χ1) is 8.66. The first-order valence-corrected chi connectivity index (χ1v) is 6.70. The van der Waals surface area contributed by atoms with Gasteiger partial charge in [0.1, 0.15) is 0 Å². The molecule has 3 nitrogen and oxygen atoms in total. The zero-order valence-electron chi connectivity index (χ0n) is 11.3. The van der Waals surface area contributed by atoms with Gasteiger partial charge in [0.05, 0.1) is 0 Å². The Labute approximate surface area is 109 Å². The van der Waals surface area contributed by atoms with Crippen LogP contribution in [-0.2, 0) is 11.3 Å². The van der Waals surface area contributed by atoms with E-state index < -0.39 is 0 Å². The molecule has 1 aromatic rings. The van der Waals surface area contributed by atoms with Crippen molar-refractivity contribution in [3.63, 3.8) is 0 Å². The van der Waals surface area contributed by atoms with E-state index >= 15 is 0 Å². The van der Waals surface area contributed by atoms with Crippen LogP contribution in [0.3, 0.4) is 0 Å². The summed E-state index contributed by atoms with van der Waals surface area (Å²) in [6, 6.07) is 9.02. The lowest BCUT2D eigenvalue weighted by atomic mass is 10.0. The number of aryl methyl sites for hydroxylation is 1. The second-order valence-corrected chi connectivity index (χ2v) is 5.09. The van der Waals surface area contributed by atoms with Crippen molar-refractivity contribution in [2.45, 2.75) is 39.3 Å². The number of rotatable bonds is 3. The summed E-state index contributed by atoms with van der Waals surface area (Å²) in [7, 11) is 0. The van der Waals surface area contributed by atoms with E-state index in [0.29, 0.717) is 6.04 Å². The summed E-state index contributed by atoms with van der Waals surface area (Å²) in [5.74, 6) is 0.201. The summed E-state index contributed by atoms with van der Waals surface area (Å²) in [5, 5.41) is 3.60. The van der Waals surface area contributed by atoms with Crippen LogP contribution in [0.2, 0.25) is 0 Å². The fourth-order valence-corrected chi connectivity index (χ4v) is 2.46. The van der Waals surface area contributed by atoms with Gasteiger partial charge in [0.2, 0.25) is 5.91 Å². The second-order valence-electron chi connectivity index (χ2n) is 5.09. The van der Waals surface area contributed by atoms with Gasteiger partial charge in [-0.25, -0.2) is 0 Å². The van der Waals surface area contributed by atoms with Gasteiger partial charge in [-0.2, -0.15) is 0 Å². The lowest BCUT2D eigenvalue weighted by Crippen LogP contribution is -2.44. The molecule has 0 bridgehead atoms. The summed E-state index contributed by atoms with van der Waals surface area (Å²) < 4.78 is 0. The van der Waals surface area contributed by atoms with Gasteiger partial charge in [-0.05, 0) is 30.9 Å². The van der Waals surface area contributed by atoms with E-state index in [-0.39, 0.29) is 5.91 Å². The molecule has 1 aromatic carbocycles. The lowest BCUT2D eigenvalue weighted by Gasteiger charge is -2.32. The van der Waals surface area contributed by atoms with Gasteiger partial charge in [0.15, 0.2) is 0 Å². The van der Waals surface area contributed by atoms with E-state index in [1.165, 1.54) is 11.1 Å². The van der Waals surface area contributed by atoms with Crippen molar-refractivity contribution in [3.8, 4) is 0 Å². The standard InChI is InChI=1S/C15H22N2O/c1-12-5-3-4-6-14(12)11-16-15-7-9-17(10-8-15)13(2)18/h3-6,15-16H,7-11H2,1-2H3. The van der Waals surface area contributed by atoms with Crippen LogP contribution >= 0.6 is 0 Å². The van der Waals surface area contributed by atoms with Crippen LogP contribution in [0.25, 0.3) is 0 Å². The lowest BCUT2D eigenvalue weighted by molar-refractivity contribution is -0.129. The number of amides is 1. The van der Waals surface area contributed by atoms with Crippen molar-refractivity contribution < 1.29 is 4.79 Å². The Hall–Kier alpha value is -1.35. The van der Waals surface area contributed by atoms with E-state index in [1.54, 1.807) is 6.92 Å². The Bertz CT molecular complexity index is 409. The molecule has 1 aliphatic heterocycles. The number of benzene rings is 1. The zero-order chi connectivity index (χ0) is 13.0. The molecule has 0 aliphatic carbocycles. The molecule has 0 radical (unpaired) electrons. The van der Waals surface area contributed by atoms with Crippen LogP contribution in [0.15, 0.2) is 24.3 Å². The van der Waals surface area contributed by atoms with E-state index in [0.717, 1.165) is 32.5 Å². The van der Waals surface area contributed by atoms with Crippen molar-refractivity contribution in [1.82, 2.24) is 10.2 Å². The minimum Gasteiger partial charge on any atom is -0.343 e. The summed E-state index contributed by atoms with van der Waals surface area (Å²) >= 11 is 0. The van der Waals surface area contributed by atoms with Crippen molar-refractivity contribution in [1.29, 1.82) is 0 Å². The number of carbonyl (C=O) groups is 1. The molecule has 1 fully saturated rings. The number of hydrogen-bond donors (Lipinski definition) is 1. The molecule has 1 amide bonds. The Morgan fingerprint density at radius 2 is 2.00 bits per heavy atom. The number of carbonyl (C=O) groups excluding carboxylic acids is 1. The smallest absolute Gasteiger partial charge is 0.219 e. The summed E-state index contributed by atoms with van der Waals surface area (Å²) in [6.07, 6.45) is 2.12. The van der Waals surface area contributed by atoms with E-state index in [1.807, 2.05) is 4.90 Å². The highest BCUT2D eigenvalue weighted by molar-refractivity contribution is 5.73. The largest absolute Gasteiger partial charge is 0.343 e. The molecule has 0 spiro atoms. The van der Waals surface area contributed by atoms with Gasteiger partial charge >= 0.3 is 0 Å². The quantitative estimate of drug-likeness (QED) is 0.885. The van der Waals surface area contributed by atoms with E-state index in [9.17, 15) is 4.79 Å². The highest BCUT2D eigenvalue weighted by atomic mass is 16.2. The molecule has 0 unspecified atom stereocenters. The van der Waals surface area contributed by atoms with Gasteiger partial charge in [-0.3, -0.25) is 4.79 Å². The molecular formula is C15H22N2O. The van der Waals surface area contributed by atoms with E-state index in [4.69, 9.17) is 0 Å². The SMILES string of the molecule is CC(=O)N1CCC(NCc2ccccc2C)CC1. The molecule has 1 heterocycles. The topological polar surface area (TPSA) is 32.3 Å². The van der Waals surface area contributed by atoms with Crippen LogP contribution in [0.5, 0.6) is 0 Å². The predicted octanol–water partition coefficient (Wildman–Crippen LogP) is 2.10. The normalized spacial score (nSPS) is 16.9. The van der Waals surface area contributed by atoms with E-state index in [2.05, 4.69) is 36.5 Å². The predicted molar refractivity (Wildman–Crippen MR) is 73.3 cm³/mol. The van der Waals surface area contributed by atoms with Crippen molar-refractivity contribution in [3.05, 3.63) is 35.4 Å². The van der Waals surface area contributed by atoms with Crippen molar-refractivity contribution in [2.24, 2.45) is 0 Å². The van der Waals surface area contributed by atoms with Gasteiger partial charge in [0, 0.05) is 32.6 Å². The van der Waals surface area contributed by atoms with Crippen LogP contribution in [0.1, 0.15) is 30.9 Å². The first kappa shape index (κ1) is 13.1. The van der Waals surface area contributed by atoms with Crippen molar-refractivity contribution in [2.75, 3.05) is 13.1 Å². The Morgan fingerprint density at radius 1 is 1.33 bits per heavy atom. The minimum absolute atomic E-state index is 0.201. The maximum Gasteiger partial charge on any atom is 0.219 e. The highest BCUT2D eigenvalue weighted by Crippen LogP contribution is 2.12. The molecule has 3 heteroatoms. The molecular weight excluding hydrogens is 224 g/mol. The highest BCUT2D eigenvalue weighted by Gasteiger charge is 2.19. The molecule has 1 saturated heterocycles. The van der Waals surface area contributed by atoms with Gasteiger partial charge in [-0.15, -0.1) is 0 Å². The third-order valence-corrected chi connectivity index (χ3v) is 3.78. The molecule has 98 valence electrons. The van der Waals surface area contributed by atoms with Crippen LogP contribution in [0.4, 0.5) is 0 Å². The van der Waals surface area contributed by atoms with Crippen LogP contribution < -0.4 is 5.32 Å². The average molecular weight is 246 g/mol. The Morgan fingerprint density at radius 3 is 2.61 bits per heavy atom. The zero-order valence-corrected chi connectivity index (χ0v) is 11.3. The van der Waals surface area contributed by atoms with Gasteiger partial charge < -0.3 is 10.2 Å². The molecule has 2 rings (SSSR count). The van der Waals surface area contributed by atoms with Crippen LogP contribution in [-0.4, -0.2) is 29.9 Å². The summed E-state index contributed by atoms with van der Waals surface area (Å²) in [6.45, 7) is 6.51. The van der Waals surface area contributed by atoms with Crippen LogP contribution in [0, 0.1) is 6.92 Å². The fourth-order valence-electron chi connectivity index (χ4n) is 2.46. The molecule has 0 aromatic heterocycles. The fraction of sp³-hybridized carbons (Fsp3) is 0.533. The second kappa shape index (κ2) is 6.01. The summed E-state index contributed by atoms with van der Waals surface area (Å²) in [5.41, 5.74) is 2.71. The number of nitrogens with zero attached hydrogens (tertiary/aromatic N) is 1. The van der Waals surface area contributed by atoms with Gasteiger partial charge in [-0.1, -0.05) is 24.3 Å². The van der Waals surface area contributed by atoms with Gasteiger partial charge in [0.25, 0.3) is 0 Å². The molecule has 1 aliphatic rings. The van der Waals surface area contributed by atoms with Crippen molar-refractivity contribution >= 4 is 5.91 Å². The molecule has 0 saturated carbocycles. The maximum absolute atomic E-state index is 11.2. The third-order valence-electron chi connectivity index (χ3n) is 3.78. The molecule has 1 N–H and O–H groups in total.